The molecule has 2 N–H and O–H groups in total. The van der Waals surface area contributed by atoms with Crippen LogP contribution in [0.25, 0.3) is 0 Å². The van der Waals surface area contributed by atoms with E-state index in [0.717, 1.165) is 6.54 Å². The van der Waals surface area contributed by atoms with Crippen LogP contribution in [0.1, 0.15) is 29.8 Å². The number of aryl methyl sites for hydroxylation is 1. The molecule has 0 fully saturated rings. The molecule has 0 aliphatic carbocycles. The third kappa shape index (κ3) is 1.39. The monoisotopic (exact) mass is 166 g/mol. The van der Waals surface area contributed by atoms with Gasteiger partial charge in [-0.15, -0.1) is 0 Å². The van der Waals surface area contributed by atoms with Crippen molar-refractivity contribution >= 4 is 0 Å². The molecule has 68 valence electrons. The maximum absolute atomic E-state index is 5.62. The van der Waals surface area contributed by atoms with E-state index in [1.165, 1.54) is 17.0 Å². The lowest BCUT2D eigenvalue weighted by atomic mass is 10.0. The predicted octanol–water partition coefficient (Wildman–Crippen LogP) is 1.70. The summed E-state index contributed by atoms with van der Waals surface area (Å²) in [5.74, 6) is 0.477. The number of nitrogens with zero attached hydrogens (tertiary/aromatic N) is 1. The second-order valence-corrected chi connectivity index (χ2v) is 3.52. The summed E-state index contributed by atoms with van der Waals surface area (Å²) in [6.07, 6.45) is 0. The Bertz CT molecular complexity index is 274. The maximum atomic E-state index is 5.62. The summed E-state index contributed by atoms with van der Waals surface area (Å²) in [4.78, 5) is 0. The topological polar surface area (TPSA) is 30.9 Å². The Hall–Kier alpha value is -0.760. The SMILES string of the molecule is Cc1cc(C(C)CN)c(C)n1C. The zero-order valence-electron chi connectivity index (χ0n) is 8.39. The van der Waals surface area contributed by atoms with E-state index in [2.05, 4.69) is 38.5 Å². The molecule has 0 spiro atoms. The summed E-state index contributed by atoms with van der Waals surface area (Å²) >= 11 is 0. The summed E-state index contributed by atoms with van der Waals surface area (Å²) in [6.45, 7) is 7.17. The van der Waals surface area contributed by atoms with Crippen molar-refractivity contribution in [2.24, 2.45) is 12.8 Å². The molecule has 0 radical (unpaired) electrons. The van der Waals surface area contributed by atoms with Gasteiger partial charge >= 0.3 is 0 Å². The molecule has 12 heavy (non-hydrogen) atoms. The lowest BCUT2D eigenvalue weighted by Crippen LogP contribution is -2.09. The van der Waals surface area contributed by atoms with Gasteiger partial charge in [0.2, 0.25) is 0 Å². The Kier molecular flexibility index (Phi) is 2.58. The number of nitrogens with two attached hydrogens (primary N) is 1. The first-order valence-corrected chi connectivity index (χ1v) is 4.40. The number of rotatable bonds is 2. The minimum Gasteiger partial charge on any atom is -0.352 e. The van der Waals surface area contributed by atoms with Crippen LogP contribution in [0, 0.1) is 13.8 Å². The van der Waals surface area contributed by atoms with Crippen LogP contribution in [-0.2, 0) is 7.05 Å². The van der Waals surface area contributed by atoms with Crippen molar-refractivity contribution in [3.8, 4) is 0 Å². The van der Waals surface area contributed by atoms with E-state index in [9.17, 15) is 0 Å². The van der Waals surface area contributed by atoms with Crippen LogP contribution in [0.2, 0.25) is 0 Å². The lowest BCUT2D eigenvalue weighted by molar-refractivity contribution is 0.753. The normalized spacial score (nSPS) is 13.4. The molecule has 1 heterocycles. The highest BCUT2D eigenvalue weighted by molar-refractivity contribution is 5.29. The first-order chi connectivity index (χ1) is 5.57. The maximum Gasteiger partial charge on any atom is 0.0178 e. The van der Waals surface area contributed by atoms with Crippen LogP contribution in [0.3, 0.4) is 0 Å². The van der Waals surface area contributed by atoms with Crippen LogP contribution < -0.4 is 5.73 Å². The van der Waals surface area contributed by atoms with E-state index in [4.69, 9.17) is 5.73 Å². The molecular weight excluding hydrogens is 148 g/mol. The summed E-state index contributed by atoms with van der Waals surface area (Å²) in [5.41, 5.74) is 9.66. The highest BCUT2D eigenvalue weighted by Gasteiger charge is 2.10. The van der Waals surface area contributed by atoms with Gasteiger partial charge in [-0.2, -0.15) is 0 Å². The Morgan fingerprint density at radius 1 is 1.50 bits per heavy atom. The molecule has 0 aliphatic heterocycles. The van der Waals surface area contributed by atoms with Crippen molar-refractivity contribution < 1.29 is 0 Å². The van der Waals surface area contributed by atoms with Crippen molar-refractivity contribution in [1.29, 1.82) is 0 Å². The van der Waals surface area contributed by atoms with Gasteiger partial charge in [0.15, 0.2) is 0 Å². The number of hydrogen-bond acceptors (Lipinski definition) is 1. The highest BCUT2D eigenvalue weighted by Crippen LogP contribution is 2.21. The van der Waals surface area contributed by atoms with E-state index >= 15 is 0 Å². The highest BCUT2D eigenvalue weighted by atomic mass is 14.9. The van der Waals surface area contributed by atoms with Crippen molar-refractivity contribution in [3.05, 3.63) is 23.0 Å². The van der Waals surface area contributed by atoms with E-state index in [1.807, 2.05) is 0 Å². The third-order valence-corrected chi connectivity index (χ3v) is 2.70. The summed E-state index contributed by atoms with van der Waals surface area (Å²) in [7, 11) is 2.09. The molecule has 0 aliphatic rings. The van der Waals surface area contributed by atoms with Gasteiger partial charge in [0.05, 0.1) is 0 Å². The van der Waals surface area contributed by atoms with E-state index in [1.54, 1.807) is 0 Å². The molecule has 0 saturated carbocycles. The molecule has 0 aromatic carbocycles. The van der Waals surface area contributed by atoms with Gasteiger partial charge in [0, 0.05) is 18.4 Å². The molecule has 0 bridgehead atoms. The van der Waals surface area contributed by atoms with Crippen molar-refractivity contribution in [2.75, 3.05) is 6.54 Å². The van der Waals surface area contributed by atoms with Crippen molar-refractivity contribution in [3.63, 3.8) is 0 Å². The Morgan fingerprint density at radius 2 is 2.08 bits per heavy atom. The Balaban J connectivity index is 3.08. The molecule has 1 aromatic heterocycles. The summed E-state index contributed by atoms with van der Waals surface area (Å²) in [5, 5.41) is 0. The van der Waals surface area contributed by atoms with Gasteiger partial charge < -0.3 is 10.3 Å². The lowest BCUT2D eigenvalue weighted by Gasteiger charge is -2.08. The first-order valence-electron chi connectivity index (χ1n) is 4.40. The second-order valence-electron chi connectivity index (χ2n) is 3.52. The largest absolute Gasteiger partial charge is 0.352 e. The van der Waals surface area contributed by atoms with Crippen LogP contribution in [-0.4, -0.2) is 11.1 Å². The van der Waals surface area contributed by atoms with Gasteiger partial charge in [-0.25, -0.2) is 0 Å². The van der Waals surface area contributed by atoms with Gasteiger partial charge in [-0.05, 0) is 37.9 Å². The van der Waals surface area contributed by atoms with Gasteiger partial charge in [0.25, 0.3) is 0 Å². The molecule has 1 rings (SSSR count). The van der Waals surface area contributed by atoms with Crippen molar-refractivity contribution in [2.45, 2.75) is 26.7 Å². The van der Waals surface area contributed by atoms with E-state index < -0.39 is 0 Å². The minimum atomic E-state index is 0.477. The molecule has 0 amide bonds. The third-order valence-electron chi connectivity index (χ3n) is 2.70. The second kappa shape index (κ2) is 3.31. The van der Waals surface area contributed by atoms with E-state index in [0.29, 0.717) is 5.92 Å². The Labute approximate surface area is 74.4 Å². The van der Waals surface area contributed by atoms with Crippen molar-refractivity contribution in [1.82, 2.24) is 4.57 Å². The van der Waals surface area contributed by atoms with Gasteiger partial charge in [-0.3, -0.25) is 0 Å². The molecular formula is C10H18N2. The first kappa shape index (κ1) is 9.33. The van der Waals surface area contributed by atoms with Crippen LogP contribution in [0.15, 0.2) is 6.07 Å². The minimum absolute atomic E-state index is 0.477. The molecule has 2 heteroatoms. The molecule has 0 saturated heterocycles. The Morgan fingerprint density at radius 3 is 2.42 bits per heavy atom. The number of aromatic nitrogens is 1. The average molecular weight is 166 g/mol. The quantitative estimate of drug-likeness (QED) is 0.712. The fourth-order valence-electron chi connectivity index (χ4n) is 1.51. The molecule has 2 nitrogen and oxygen atoms in total. The summed E-state index contributed by atoms with van der Waals surface area (Å²) < 4.78 is 2.21. The van der Waals surface area contributed by atoms with Gasteiger partial charge in [0.1, 0.15) is 0 Å². The molecule has 1 atom stereocenters. The average Bonchev–Trinajstić information content (AvgIpc) is 2.32. The van der Waals surface area contributed by atoms with Gasteiger partial charge in [-0.1, -0.05) is 6.92 Å². The van der Waals surface area contributed by atoms with Crippen LogP contribution in [0.4, 0.5) is 0 Å². The predicted molar refractivity (Wildman–Crippen MR) is 52.4 cm³/mol. The zero-order chi connectivity index (χ0) is 9.30. The smallest absolute Gasteiger partial charge is 0.0178 e. The zero-order valence-corrected chi connectivity index (χ0v) is 8.39. The fraction of sp³-hybridized carbons (Fsp3) is 0.600. The summed E-state index contributed by atoms with van der Waals surface area (Å²) in [6, 6.07) is 2.23. The van der Waals surface area contributed by atoms with Crippen LogP contribution >= 0.6 is 0 Å². The number of hydrogen-bond donors (Lipinski definition) is 1. The van der Waals surface area contributed by atoms with Crippen LogP contribution in [0.5, 0.6) is 0 Å². The molecule has 1 aromatic rings. The fourth-order valence-corrected chi connectivity index (χ4v) is 1.51. The molecule has 1 unspecified atom stereocenters. The van der Waals surface area contributed by atoms with E-state index in [-0.39, 0.29) is 0 Å². The standard InChI is InChI=1S/C10H18N2/c1-7(6-11)10-5-8(2)12(4)9(10)3/h5,7H,6,11H2,1-4H3.